The minimum Gasteiger partial charge on any atom is -0.488 e. The molecule has 1 unspecified atom stereocenters. The van der Waals surface area contributed by atoms with Gasteiger partial charge in [-0.3, -0.25) is 0 Å². The van der Waals surface area contributed by atoms with Crippen LogP contribution in [0.5, 0.6) is 5.75 Å². The molecule has 2 nitrogen and oxygen atoms in total. The number of ether oxygens (including phenoxy) is 1. The fourth-order valence-corrected chi connectivity index (χ4v) is 2.85. The Hall–Kier alpha value is -1.10. The van der Waals surface area contributed by atoms with Gasteiger partial charge in [-0.2, -0.15) is 0 Å². The van der Waals surface area contributed by atoms with Gasteiger partial charge in [-0.15, -0.1) is 11.3 Å². The molecule has 1 aromatic carbocycles. The van der Waals surface area contributed by atoms with Crippen molar-refractivity contribution in [1.82, 2.24) is 0 Å². The van der Waals surface area contributed by atoms with Crippen LogP contribution in [-0.2, 0) is 13.0 Å². The van der Waals surface area contributed by atoms with Crippen molar-refractivity contribution in [3.8, 4) is 5.75 Å². The number of rotatable bonds is 6. The summed E-state index contributed by atoms with van der Waals surface area (Å²) < 4.78 is 19.9. The predicted octanol–water partition coefficient (Wildman–Crippen LogP) is 4.40. The van der Waals surface area contributed by atoms with Gasteiger partial charge in [0.1, 0.15) is 18.2 Å². The average Bonchev–Trinajstić information content (AvgIpc) is 2.83. The highest BCUT2D eigenvalue weighted by atomic mass is 35.5. The second kappa shape index (κ2) is 7.07. The molecule has 1 atom stereocenters. The highest BCUT2D eigenvalue weighted by molar-refractivity contribution is 7.16. The summed E-state index contributed by atoms with van der Waals surface area (Å²) in [7, 11) is 0. The number of hydrogen-bond acceptors (Lipinski definition) is 3. The van der Waals surface area contributed by atoms with Crippen molar-refractivity contribution < 1.29 is 9.13 Å². The van der Waals surface area contributed by atoms with E-state index in [2.05, 4.69) is 0 Å². The molecule has 1 aromatic heterocycles. The van der Waals surface area contributed by atoms with Crippen molar-refractivity contribution in [3.05, 3.63) is 50.9 Å². The largest absolute Gasteiger partial charge is 0.488 e. The highest BCUT2D eigenvalue weighted by Crippen LogP contribution is 2.26. The normalized spacial score (nSPS) is 12.4. The molecule has 0 amide bonds. The summed E-state index contributed by atoms with van der Waals surface area (Å²) in [5.41, 5.74) is 6.75. The Bertz CT molecular complexity index is 573. The Labute approximate surface area is 127 Å². The van der Waals surface area contributed by atoms with E-state index in [4.69, 9.17) is 22.1 Å². The highest BCUT2D eigenvalue weighted by Gasteiger charge is 2.10. The summed E-state index contributed by atoms with van der Waals surface area (Å²) in [6.45, 7) is 2.44. The minimum absolute atomic E-state index is 0.00957. The Balaban J connectivity index is 2.09. The summed E-state index contributed by atoms with van der Waals surface area (Å²) in [5.74, 6) is 0.412. The van der Waals surface area contributed by atoms with Crippen LogP contribution in [0.25, 0.3) is 0 Å². The molecule has 2 aromatic rings. The fraction of sp³-hybridized carbons (Fsp3) is 0.333. The van der Waals surface area contributed by atoms with Crippen LogP contribution < -0.4 is 10.5 Å². The standard InChI is InChI=1S/C15H17ClFNOS/c1-2-12(18)8-10-7-11(17)3-5-14(10)19-9-13-4-6-15(16)20-13/h3-7,12H,2,8-9,18H2,1H3. The maximum atomic E-state index is 13.4. The van der Waals surface area contributed by atoms with Crippen LogP contribution in [0.2, 0.25) is 4.34 Å². The van der Waals surface area contributed by atoms with Gasteiger partial charge < -0.3 is 10.5 Å². The Morgan fingerprint density at radius 3 is 2.80 bits per heavy atom. The van der Waals surface area contributed by atoms with E-state index in [1.807, 2.05) is 19.1 Å². The smallest absolute Gasteiger partial charge is 0.123 e. The second-order valence-electron chi connectivity index (χ2n) is 4.62. The molecule has 0 spiro atoms. The minimum atomic E-state index is -0.269. The summed E-state index contributed by atoms with van der Waals surface area (Å²) in [5, 5.41) is 0. The van der Waals surface area contributed by atoms with Crippen molar-refractivity contribution in [1.29, 1.82) is 0 Å². The zero-order chi connectivity index (χ0) is 14.5. The summed E-state index contributed by atoms with van der Waals surface area (Å²) in [6.07, 6.45) is 1.45. The van der Waals surface area contributed by atoms with Crippen LogP contribution >= 0.6 is 22.9 Å². The molecular weight excluding hydrogens is 297 g/mol. The van der Waals surface area contributed by atoms with E-state index in [1.54, 1.807) is 6.07 Å². The maximum absolute atomic E-state index is 13.4. The zero-order valence-corrected chi connectivity index (χ0v) is 12.8. The molecule has 5 heteroatoms. The topological polar surface area (TPSA) is 35.2 Å². The van der Waals surface area contributed by atoms with Crippen LogP contribution in [0.1, 0.15) is 23.8 Å². The van der Waals surface area contributed by atoms with Crippen molar-refractivity contribution in [2.24, 2.45) is 5.73 Å². The van der Waals surface area contributed by atoms with E-state index in [9.17, 15) is 4.39 Å². The molecule has 20 heavy (non-hydrogen) atoms. The summed E-state index contributed by atoms with van der Waals surface area (Å²) in [4.78, 5) is 1.03. The van der Waals surface area contributed by atoms with Gasteiger partial charge in [-0.05, 0) is 48.7 Å². The van der Waals surface area contributed by atoms with E-state index in [1.165, 1.54) is 23.5 Å². The number of benzene rings is 1. The van der Waals surface area contributed by atoms with Gasteiger partial charge in [-0.1, -0.05) is 18.5 Å². The maximum Gasteiger partial charge on any atom is 0.123 e. The molecule has 0 saturated carbocycles. The summed E-state index contributed by atoms with van der Waals surface area (Å²) >= 11 is 7.35. The molecule has 0 fully saturated rings. The van der Waals surface area contributed by atoms with Gasteiger partial charge in [0, 0.05) is 10.9 Å². The van der Waals surface area contributed by atoms with Crippen molar-refractivity contribution >= 4 is 22.9 Å². The molecule has 2 N–H and O–H groups in total. The number of halogens is 2. The Morgan fingerprint density at radius 2 is 2.15 bits per heavy atom. The first-order valence-electron chi connectivity index (χ1n) is 6.49. The fourth-order valence-electron chi connectivity index (χ4n) is 1.85. The SMILES string of the molecule is CCC(N)Cc1cc(F)ccc1OCc1ccc(Cl)s1. The third-order valence-corrected chi connectivity index (χ3v) is 4.23. The van der Waals surface area contributed by atoms with Gasteiger partial charge in [0.25, 0.3) is 0 Å². The van der Waals surface area contributed by atoms with Gasteiger partial charge in [0.2, 0.25) is 0 Å². The van der Waals surface area contributed by atoms with Crippen LogP contribution in [0.15, 0.2) is 30.3 Å². The van der Waals surface area contributed by atoms with Crippen LogP contribution in [0.3, 0.4) is 0 Å². The zero-order valence-electron chi connectivity index (χ0n) is 11.2. The van der Waals surface area contributed by atoms with Gasteiger partial charge in [-0.25, -0.2) is 4.39 Å². The number of hydrogen-bond donors (Lipinski definition) is 1. The lowest BCUT2D eigenvalue weighted by Crippen LogP contribution is -2.21. The molecule has 0 bridgehead atoms. The molecule has 1 heterocycles. The van der Waals surface area contributed by atoms with Crippen LogP contribution in [-0.4, -0.2) is 6.04 Å². The van der Waals surface area contributed by atoms with E-state index in [0.29, 0.717) is 18.8 Å². The number of nitrogens with two attached hydrogens (primary N) is 1. The third kappa shape index (κ3) is 4.20. The Kier molecular flexibility index (Phi) is 5.40. The van der Waals surface area contributed by atoms with Gasteiger partial charge in [0.05, 0.1) is 4.34 Å². The van der Waals surface area contributed by atoms with Crippen molar-refractivity contribution in [2.45, 2.75) is 32.4 Å². The van der Waals surface area contributed by atoms with Crippen molar-refractivity contribution in [3.63, 3.8) is 0 Å². The van der Waals surface area contributed by atoms with Crippen molar-refractivity contribution in [2.75, 3.05) is 0 Å². The lowest BCUT2D eigenvalue weighted by molar-refractivity contribution is 0.305. The van der Waals surface area contributed by atoms with E-state index >= 15 is 0 Å². The molecule has 0 radical (unpaired) electrons. The van der Waals surface area contributed by atoms with E-state index in [-0.39, 0.29) is 11.9 Å². The lowest BCUT2D eigenvalue weighted by Gasteiger charge is -2.14. The molecular formula is C15H17ClFNOS. The van der Waals surface area contributed by atoms with E-state index in [0.717, 1.165) is 21.2 Å². The average molecular weight is 314 g/mol. The summed E-state index contributed by atoms with van der Waals surface area (Å²) in [6, 6.07) is 8.32. The van der Waals surface area contributed by atoms with E-state index < -0.39 is 0 Å². The Morgan fingerprint density at radius 1 is 1.35 bits per heavy atom. The first kappa shape index (κ1) is 15.3. The quantitative estimate of drug-likeness (QED) is 0.858. The predicted molar refractivity (Wildman–Crippen MR) is 82.0 cm³/mol. The van der Waals surface area contributed by atoms with Crippen LogP contribution in [0.4, 0.5) is 4.39 Å². The third-order valence-electron chi connectivity index (χ3n) is 3.03. The number of thiophene rings is 1. The first-order chi connectivity index (χ1) is 9.58. The van der Waals surface area contributed by atoms with Gasteiger partial charge >= 0.3 is 0 Å². The van der Waals surface area contributed by atoms with Crippen LogP contribution in [0, 0.1) is 5.82 Å². The molecule has 0 aliphatic heterocycles. The lowest BCUT2D eigenvalue weighted by atomic mass is 10.0. The molecule has 0 aliphatic rings. The molecule has 0 aliphatic carbocycles. The van der Waals surface area contributed by atoms with Gasteiger partial charge in [0.15, 0.2) is 0 Å². The molecule has 2 rings (SSSR count). The second-order valence-corrected chi connectivity index (χ2v) is 6.42. The molecule has 108 valence electrons. The monoisotopic (exact) mass is 313 g/mol. The first-order valence-corrected chi connectivity index (χ1v) is 7.69. The molecule has 0 saturated heterocycles.